The van der Waals surface area contributed by atoms with Crippen LogP contribution >= 0.6 is 0 Å². The zero-order valence-electron chi connectivity index (χ0n) is 13.6. The highest BCUT2D eigenvalue weighted by atomic mass is 16.5. The Balaban J connectivity index is 1.61. The van der Waals surface area contributed by atoms with Crippen molar-refractivity contribution in [2.45, 2.75) is 13.5 Å². The third kappa shape index (κ3) is 4.14. The Labute approximate surface area is 144 Å². The zero-order chi connectivity index (χ0) is 17.8. The average molecular weight is 339 g/mol. The van der Waals surface area contributed by atoms with Gasteiger partial charge in [-0.15, -0.1) is 0 Å². The van der Waals surface area contributed by atoms with Gasteiger partial charge in [-0.2, -0.15) is 0 Å². The van der Waals surface area contributed by atoms with Gasteiger partial charge in [-0.05, 0) is 42.0 Å². The topological polar surface area (TPSA) is 96.5 Å². The lowest BCUT2D eigenvalue weighted by atomic mass is 10.1. The van der Waals surface area contributed by atoms with Crippen molar-refractivity contribution in [2.75, 3.05) is 17.2 Å². The molecule has 0 spiro atoms. The Kier molecular flexibility index (Phi) is 4.65. The highest BCUT2D eigenvalue weighted by Crippen LogP contribution is 2.28. The highest BCUT2D eigenvalue weighted by molar-refractivity contribution is 5.96. The van der Waals surface area contributed by atoms with E-state index >= 15 is 0 Å². The van der Waals surface area contributed by atoms with Crippen molar-refractivity contribution in [3.63, 3.8) is 0 Å². The summed E-state index contributed by atoms with van der Waals surface area (Å²) in [5, 5.41) is 8.19. The number of amides is 3. The number of ether oxygens (including phenoxy) is 1. The molecule has 1 heterocycles. The van der Waals surface area contributed by atoms with E-state index < -0.39 is 0 Å². The summed E-state index contributed by atoms with van der Waals surface area (Å²) >= 11 is 0. The van der Waals surface area contributed by atoms with Crippen LogP contribution in [0.1, 0.15) is 22.8 Å². The van der Waals surface area contributed by atoms with Gasteiger partial charge in [0.15, 0.2) is 6.61 Å². The third-order valence-corrected chi connectivity index (χ3v) is 3.60. The van der Waals surface area contributed by atoms with Crippen LogP contribution in [0.25, 0.3) is 0 Å². The Morgan fingerprint density at radius 1 is 1.16 bits per heavy atom. The van der Waals surface area contributed by atoms with Gasteiger partial charge in [0.2, 0.25) is 5.91 Å². The second-order valence-electron chi connectivity index (χ2n) is 5.61. The van der Waals surface area contributed by atoms with Crippen molar-refractivity contribution in [3.8, 4) is 5.75 Å². The van der Waals surface area contributed by atoms with Gasteiger partial charge in [-0.1, -0.05) is 6.07 Å². The number of fused-ring (bicyclic) bond motifs is 1. The highest BCUT2D eigenvalue weighted by Gasteiger charge is 2.16. The predicted octanol–water partition coefficient (Wildman–Crippen LogP) is 1.91. The first-order valence-corrected chi connectivity index (χ1v) is 7.73. The van der Waals surface area contributed by atoms with Crippen LogP contribution in [0.4, 0.5) is 11.4 Å². The smallest absolute Gasteiger partial charge is 0.262 e. The molecule has 0 aliphatic carbocycles. The molecule has 25 heavy (non-hydrogen) atoms. The molecule has 7 heteroatoms. The number of hydrogen-bond acceptors (Lipinski definition) is 4. The third-order valence-electron chi connectivity index (χ3n) is 3.60. The molecule has 128 valence electrons. The normalized spacial score (nSPS) is 12.4. The summed E-state index contributed by atoms with van der Waals surface area (Å²) in [6.45, 7) is 1.75. The van der Waals surface area contributed by atoms with E-state index in [0.29, 0.717) is 29.2 Å². The minimum atomic E-state index is -0.229. The fourth-order valence-corrected chi connectivity index (χ4v) is 2.43. The zero-order valence-corrected chi connectivity index (χ0v) is 13.6. The standard InChI is InChI=1S/C18H17N3O4/c1-11(22)20-14-5-3-13(4-6-14)18(24)19-9-12-2-7-16-15(8-12)21-17(23)10-25-16/h2-8H,9-10H2,1H3,(H,19,24)(H,20,22)(H,21,23). The number of hydrogen-bond donors (Lipinski definition) is 3. The Hall–Kier alpha value is -3.35. The summed E-state index contributed by atoms with van der Waals surface area (Å²) in [5.41, 5.74) is 2.56. The minimum Gasteiger partial charge on any atom is -0.482 e. The second kappa shape index (κ2) is 7.04. The van der Waals surface area contributed by atoms with Crippen molar-refractivity contribution in [2.24, 2.45) is 0 Å². The van der Waals surface area contributed by atoms with Gasteiger partial charge in [-0.25, -0.2) is 0 Å². The molecule has 0 atom stereocenters. The van der Waals surface area contributed by atoms with E-state index in [-0.39, 0.29) is 24.3 Å². The molecule has 0 aromatic heterocycles. The average Bonchev–Trinajstić information content (AvgIpc) is 2.59. The number of rotatable bonds is 4. The summed E-state index contributed by atoms with van der Waals surface area (Å²) in [4.78, 5) is 34.5. The maximum atomic E-state index is 12.2. The first-order valence-electron chi connectivity index (χ1n) is 7.73. The molecule has 3 amide bonds. The predicted molar refractivity (Wildman–Crippen MR) is 92.5 cm³/mol. The van der Waals surface area contributed by atoms with Crippen molar-refractivity contribution < 1.29 is 19.1 Å². The lowest BCUT2D eigenvalue weighted by molar-refractivity contribution is -0.118. The van der Waals surface area contributed by atoms with Crippen LogP contribution in [0.3, 0.4) is 0 Å². The molecule has 0 bridgehead atoms. The molecule has 2 aromatic rings. The number of nitrogens with one attached hydrogen (secondary N) is 3. The van der Waals surface area contributed by atoms with E-state index in [0.717, 1.165) is 5.56 Å². The van der Waals surface area contributed by atoms with Crippen LogP contribution in [0, 0.1) is 0 Å². The number of carbonyl (C=O) groups is 3. The molecule has 1 aliphatic heterocycles. The van der Waals surface area contributed by atoms with E-state index in [1.807, 2.05) is 6.07 Å². The van der Waals surface area contributed by atoms with E-state index in [2.05, 4.69) is 16.0 Å². The summed E-state index contributed by atoms with van der Waals surface area (Å²) in [6, 6.07) is 12.0. The SMILES string of the molecule is CC(=O)Nc1ccc(C(=O)NCc2ccc3c(c2)NC(=O)CO3)cc1. The molecule has 0 unspecified atom stereocenters. The summed E-state index contributed by atoms with van der Waals surface area (Å²) in [7, 11) is 0. The van der Waals surface area contributed by atoms with Gasteiger partial charge in [-0.3, -0.25) is 14.4 Å². The summed E-state index contributed by atoms with van der Waals surface area (Å²) < 4.78 is 5.29. The summed E-state index contributed by atoms with van der Waals surface area (Å²) in [6.07, 6.45) is 0. The van der Waals surface area contributed by atoms with Gasteiger partial charge in [0.05, 0.1) is 5.69 Å². The number of benzene rings is 2. The molecule has 1 aliphatic rings. The Morgan fingerprint density at radius 2 is 1.92 bits per heavy atom. The van der Waals surface area contributed by atoms with E-state index in [4.69, 9.17) is 4.74 Å². The fourth-order valence-electron chi connectivity index (χ4n) is 2.43. The van der Waals surface area contributed by atoms with E-state index in [9.17, 15) is 14.4 Å². The van der Waals surface area contributed by atoms with E-state index in [1.165, 1.54) is 6.92 Å². The molecular formula is C18H17N3O4. The quantitative estimate of drug-likeness (QED) is 0.793. The lowest BCUT2D eigenvalue weighted by Crippen LogP contribution is -2.26. The second-order valence-corrected chi connectivity index (χ2v) is 5.61. The van der Waals surface area contributed by atoms with Crippen molar-refractivity contribution in [1.29, 1.82) is 0 Å². The Morgan fingerprint density at radius 3 is 2.64 bits per heavy atom. The molecule has 3 N–H and O–H groups in total. The molecule has 3 rings (SSSR count). The van der Waals surface area contributed by atoms with Crippen LogP contribution < -0.4 is 20.7 Å². The summed E-state index contributed by atoms with van der Waals surface area (Å²) in [5.74, 6) is 0.0178. The van der Waals surface area contributed by atoms with Gasteiger partial charge < -0.3 is 20.7 Å². The van der Waals surface area contributed by atoms with Crippen LogP contribution in [-0.4, -0.2) is 24.3 Å². The van der Waals surface area contributed by atoms with Crippen molar-refractivity contribution in [3.05, 3.63) is 53.6 Å². The van der Waals surface area contributed by atoms with Gasteiger partial charge >= 0.3 is 0 Å². The van der Waals surface area contributed by atoms with Crippen molar-refractivity contribution in [1.82, 2.24) is 5.32 Å². The van der Waals surface area contributed by atoms with Gasteiger partial charge in [0, 0.05) is 24.7 Å². The number of anilines is 2. The fraction of sp³-hybridized carbons (Fsp3) is 0.167. The maximum Gasteiger partial charge on any atom is 0.262 e. The molecule has 7 nitrogen and oxygen atoms in total. The molecule has 2 aromatic carbocycles. The van der Waals surface area contributed by atoms with Gasteiger partial charge in [0.1, 0.15) is 5.75 Å². The van der Waals surface area contributed by atoms with Crippen LogP contribution in [0.2, 0.25) is 0 Å². The first-order chi connectivity index (χ1) is 12.0. The monoisotopic (exact) mass is 339 g/mol. The van der Waals surface area contributed by atoms with E-state index in [1.54, 1.807) is 36.4 Å². The van der Waals surface area contributed by atoms with Crippen LogP contribution in [0.5, 0.6) is 5.75 Å². The van der Waals surface area contributed by atoms with Crippen molar-refractivity contribution >= 4 is 29.1 Å². The number of carbonyl (C=O) groups excluding carboxylic acids is 3. The Bertz CT molecular complexity index is 831. The molecule has 0 saturated carbocycles. The molecule has 0 radical (unpaired) electrons. The van der Waals surface area contributed by atoms with Crippen LogP contribution in [-0.2, 0) is 16.1 Å². The molecule has 0 saturated heterocycles. The minimum absolute atomic E-state index is 0.0115. The van der Waals surface area contributed by atoms with Gasteiger partial charge in [0.25, 0.3) is 11.8 Å². The van der Waals surface area contributed by atoms with Crippen LogP contribution in [0.15, 0.2) is 42.5 Å². The largest absolute Gasteiger partial charge is 0.482 e. The lowest BCUT2D eigenvalue weighted by Gasteiger charge is -2.18. The first kappa shape index (κ1) is 16.5. The maximum absolute atomic E-state index is 12.2. The molecule has 0 fully saturated rings. The molecular weight excluding hydrogens is 322 g/mol.